The summed E-state index contributed by atoms with van der Waals surface area (Å²) in [6.45, 7) is 14.7. The van der Waals surface area contributed by atoms with Crippen LogP contribution in [0.25, 0.3) is 0 Å². The van der Waals surface area contributed by atoms with E-state index in [9.17, 15) is 0 Å². The summed E-state index contributed by atoms with van der Waals surface area (Å²) in [7, 11) is 0. The molecule has 2 aliphatic rings. The average Bonchev–Trinajstić information content (AvgIpc) is 3.02. The Hall–Kier alpha value is -1.30. The summed E-state index contributed by atoms with van der Waals surface area (Å²) in [4.78, 5) is 4.99. The predicted octanol–water partition coefficient (Wildman–Crippen LogP) is 9.83. The molecule has 0 aliphatic carbocycles. The van der Waals surface area contributed by atoms with Crippen LogP contribution in [0, 0.1) is 0 Å². The molecule has 2 atom stereocenters. The lowest BCUT2D eigenvalue weighted by Gasteiger charge is -2.31. The van der Waals surface area contributed by atoms with Gasteiger partial charge in [-0.1, -0.05) is 118 Å². The number of ether oxygens (including phenoxy) is 3. The smallest absolute Gasteiger partial charge is 0.154 e. The van der Waals surface area contributed by atoms with E-state index in [1.54, 1.807) is 0 Å². The predicted molar refractivity (Wildman–Crippen MR) is 175 cm³/mol. The van der Waals surface area contributed by atoms with Crippen LogP contribution < -0.4 is 9.47 Å². The second-order valence-electron chi connectivity index (χ2n) is 12.0. The van der Waals surface area contributed by atoms with Crippen LogP contribution in [0.5, 0.6) is 11.5 Å². The van der Waals surface area contributed by atoms with E-state index >= 15 is 0 Å². The Bertz CT molecular complexity index is 654. The Kier molecular flexibility index (Phi) is 21.2. The molecule has 41 heavy (non-hydrogen) atoms. The van der Waals surface area contributed by atoms with Gasteiger partial charge >= 0.3 is 0 Å². The van der Waals surface area contributed by atoms with Crippen molar-refractivity contribution in [1.82, 2.24) is 9.80 Å². The zero-order chi connectivity index (χ0) is 29.4. The van der Waals surface area contributed by atoms with E-state index in [1.165, 1.54) is 103 Å². The van der Waals surface area contributed by atoms with Crippen molar-refractivity contribution in [2.75, 3.05) is 39.4 Å². The van der Waals surface area contributed by atoms with Gasteiger partial charge in [-0.05, 0) is 50.2 Å². The normalized spacial score (nSPS) is 18.1. The molecule has 1 aromatic carbocycles. The van der Waals surface area contributed by atoms with Crippen LogP contribution in [0.3, 0.4) is 0 Å². The maximum atomic E-state index is 6.54. The summed E-state index contributed by atoms with van der Waals surface area (Å²) in [5.74, 6) is 1.83. The van der Waals surface area contributed by atoms with E-state index in [2.05, 4.69) is 61.8 Å². The Balaban J connectivity index is 1.84. The van der Waals surface area contributed by atoms with Gasteiger partial charge in [0.2, 0.25) is 0 Å². The number of rotatable bonds is 22. The fourth-order valence-electron chi connectivity index (χ4n) is 5.92. The number of hydrogen-bond donors (Lipinski definition) is 0. The molecule has 0 fully saturated rings. The second kappa shape index (κ2) is 24.2. The molecule has 0 saturated carbocycles. The first kappa shape index (κ1) is 35.9. The maximum absolute atomic E-state index is 6.54. The van der Waals surface area contributed by atoms with Crippen LogP contribution in [-0.2, 0) is 4.74 Å². The first-order valence-corrected chi connectivity index (χ1v) is 17.7. The first-order valence-electron chi connectivity index (χ1n) is 17.7. The summed E-state index contributed by atoms with van der Waals surface area (Å²) >= 11 is 0. The lowest BCUT2D eigenvalue weighted by molar-refractivity contribution is -0.0203. The van der Waals surface area contributed by atoms with E-state index < -0.39 is 0 Å². The van der Waals surface area contributed by atoms with E-state index in [1.807, 2.05) is 0 Å². The van der Waals surface area contributed by atoms with Crippen molar-refractivity contribution in [3.8, 4) is 11.5 Å². The highest BCUT2D eigenvalue weighted by Crippen LogP contribution is 2.24. The topological polar surface area (TPSA) is 34.2 Å². The monoisotopic (exact) mass is 575 g/mol. The minimum absolute atomic E-state index is 0.0435. The van der Waals surface area contributed by atoms with Gasteiger partial charge in [-0.15, -0.1) is 0 Å². The van der Waals surface area contributed by atoms with Crippen molar-refractivity contribution in [3.05, 3.63) is 24.3 Å². The Morgan fingerprint density at radius 2 is 0.854 bits per heavy atom. The highest BCUT2D eigenvalue weighted by atomic mass is 16.5. The van der Waals surface area contributed by atoms with Crippen LogP contribution in [-0.4, -0.2) is 61.6 Å². The summed E-state index contributed by atoms with van der Waals surface area (Å²) in [6, 6.07) is 8.32. The number of nitrogens with zero attached hydrogens (tertiary/aromatic N) is 2. The molecule has 2 aliphatic heterocycles. The molecule has 1 aromatic rings. The largest absolute Gasteiger partial charge is 0.475 e. The number of benzene rings is 1. The lowest BCUT2D eigenvalue weighted by Crippen LogP contribution is -2.41. The third kappa shape index (κ3) is 16.2. The summed E-state index contributed by atoms with van der Waals surface area (Å²) < 4.78 is 19.3. The van der Waals surface area contributed by atoms with Crippen molar-refractivity contribution >= 4 is 0 Å². The first-order chi connectivity index (χ1) is 20.2. The van der Waals surface area contributed by atoms with Crippen LogP contribution >= 0.6 is 0 Å². The zero-order valence-corrected chi connectivity index (χ0v) is 27.6. The number of fused-ring (bicyclic) bond motifs is 10. The molecule has 0 saturated heterocycles. The molecule has 0 aromatic heterocycles. The molecule has 2 unspecified atom stereocenters. The SMILES string of the molecule is CCCCCCCCCCN(CC)C1CCOCCC(N(CC)CCCCCCCCCC)Oc2ccc(cc2)O1. The van der Waals surface area contributed by atoms with Gasteiger partial charge in [-0.3, -0.25) is 9.80 Å². The molecule has 5 heteroatoms. The molecule has 5 nitrogen and oxygen atoms in total. The minimum atomic E-state index is 0.0435. The summed E-state index contributed by atoms with van der Waals surface area (Å²) in [6.07, 6.45) is 23.4. The van der Waals surface area contributed by atoms with Crippen LogP contribution in [0.15, 0.2) is 24.3 Å². The maximum Gasteiger partial charge on any atom is 0.154 e. The van der Waals surface area contributed by atoms with E-state index in [0.29, 0.717) is 13.2 Å². The molecular formula is C36H66N2O3. The molecule has 0 N–H and O–H groups in total. The fourth-order valence-corrected chi connectivity index (χ4v) is 5.92. The van der Waals surface area contributed by atoms with Crippen LogP contribution in [0.1, 0.15) is 143 Å². The molecule has 238 valence electrons. The summed E-state index contributed by atoms with van der Waals surface area (Å²) in [5.41, 5.74) is 0. The summed E-state index contributed by atoms with van der Waals surface area (Å²) in [5, 5.41) is 0. The number of hydrogen-bond acceptors (Lipinski definition) is 5. The van der Waals surface area contributed by atoms with Crippen molar-refractivity contribution in [2.45, 2.75) is 156 Å². The zero-order valence-electron chi connectivity index (χ0n) is 27.6. The van der Waals surface area contributed by atoms with Gasteiger partial charge in [-0.2, -0.15) is 0 Å². The van der Waals surface area contributed by atoms with Gasteiger partial charge in [0.15, 0.2) is 12.5 Å². The van der Waals surface area contributed by atoms with Gasteiger partial charge in [0.05, 0.1) is 13.2 Å². The highest BCUT2D eigenvalue weighted by Gasteiger charge is 2.22. The van der Waals surface area contributed by atoms with Gasteiger partial charge in [0.25, 0.3) is 0 Å². The molecule has 2 bridgehead atoms. The Labute approximate surface area is 254 Å². The second-order valence-corrected chi connectivity index (χ2v) is 12.0. The highest BCUT2D eigenvalue weighted by molar-refractivity contribution is 5.31. The average molecular weight is 575 g/mol. The van der Waals surface area contributed by atoms with Gasteiger partial charge < -0.3 is 14.2 Å². The van der Waals surface area contributed by atoms with Gasteiger partial charge in [0.1, 0.15) is 11.5 Å². The molecule has 0 radical (unpaired) electrons. The van der Waals surface area contributed by atoms with E-state index in [4.69, 9.17) is 14.2 Å². The van der Waals surface area contributed by atoms with Gasteiger partial charge in [0, 0.05) is 25.9 Å². The van der Waals surface area contributed by atoms with Crippen molar-refractivity contribution in [3.63, 3.8) is 0 Å². The number of unbranched alkanes of at least 4 members (excludes halogenated alkanes) is 14. The third-order valence-corrected chi connectivity index (χ3v) is 8.61. The van der Waals surface area contributed by atoms with E-state index in [0.717, 1.165) is 50.5 Å². The molecule has 2 heterocycles. The van der Waals surface area contributed by atoms with Crippen LogP contribution in [0.2, 0.25) is 0 Å². The van der Waals surface area contributed by atoms with Crippen molar-refractivity contribution in [2.24, 2.45) is 0 Å². The van der Waals surface area contributed by atoms with Crippen molar-refractivity contribution < 1.29 is 14.2 Å². The van der Waals surface area contributed by atoms with Crippen molar-refractivity contribution in [1.29, 1.82) is 0 Å². The fraction of sp³-hybridized carbons (Fsp3) is 0.833. The third-order valence-electron chi connectivity index (χ3n) is 8.61. The molecule has 0 amide bonds. The Morgan fingerprint density at radius 1 is 0.512 bits per heavy atom. The standard InChI is InChI=1S/C36H66N2O3/c1-5-9-11-13-15-17-19-21-29-37(7-3)35-27-31-39-32-28-36(41-34-25-23-33(40-35)24-26-34)38(8-4)30-22-20-18-16-14-12-10-6-2/h23-26,35-36H,5-22,27-32H2,1-4H3. The molecule has 3 rings (SSSR count). The van der Waals surface area contributed by atoms with Gasteiger partial charge in [-0.25, -0.2) is 0 Å². The lowest BCUT2D eigenvalue weighted by atomic mass is 10.1. The quantitative estimate of drug-likeness (QED) is 0.129. The minimum Gasteiger partial charge on any atom is -0.475 e. The molecular weight excluding hydrogens is 508 g/mol. The Morgan fingerprint density at radius 3 is 1.20 bits per heavy atom. The molecule has 0 spiro atoms. The van der Waals surface area contributed by atoms with Crippen LogP contribution in [0.4, 0.5) is 0 Å². The van der Waals surface area contributed by atoms with E-state index in [-0.39, 0.29) is 12.5 Å².